The number of hydrogen-bond acceptors (Lipinski definition) is 3. The fourth-order valence-electron chi connectivity index (χ4n) is 1.17. The van der Waals surface area contributed by atoms with Crippen molar-refractivity contribution in [1.29, 1.82) is 10.5 Å². The molecule has 2 amide bonds. The number of nitrogens with zero attached hydrogens (tertiary/aromatic N) is 2. The molecule has 0 aromatic heterocycles. The highest BCUT2D eigenvalue weighted by atomic mass is 19.4. The predicted octanol–water partition coefficient (Wildman–Crippen LogP) is 2.11. The third kappa shape index (κ3) is 4.56. The first kappa shape index (κ1) is 14.3. The summed E-state index contributed by atoms with van der Waals surface area (Å²) in [4.78, 5) is 11.1. The Labute approximate surface area is 106 Å². The van der Waals surface area contributed by atoms with Gasteiger partial charge in [0.25, 0.3) is 0 Å². The molecular weight excluding hydrogens is 261 g/mol. The largest absolute Gasteiger partial charge is 0.405 e. The lowest BCUT2D eigenvalue weighted by Crippen LogP contribution is -2.36. The zero-order valence-electron chi connectivity index (χ0n) is 9.38. The Balaban J connectivity index is 2.71. The summed E-state index contributed by atoms with van der Waals surface area (Å²) in [6.45, 7) is -1.46. The first-order valence-corrected chi connectivity index (χ1v) is 4.91. The van der Waals surface area contributed by atoms with Crippen molar-refractivity contribution >= 4 is 11.7 Å². The molecule has 0 fully saturated rings. The first-order chi connectivity index (χ1) is 8.85. The summed E-state index contributed by atoms with van der Waals surface area (Å²) in [6, 6.07) is 6.27. The van der Waals surface area contributed by atoms with Gasteiger partial charge in [0, 0.05) is 5.69 Å². The van der Waals surface area contributed by atoms with Gasteiger partial charge < -0.3 is 10.6 Å². The SMILES string of the molecule is N#Cc1ccc(NC(=O)NCC(F)(F)F)cc1C#N. The van der Waals surface area contributed by atoms with E-state index in [2.05, 4.69) is 5.32 Å². The minimum absolute atomic E-state index is 0.0242. The van der Waals surface area contributed by atoms with Crippen LogP contribution in [-0.4, -0.2) is 18.8 Å². The Bertz CT molecular complexity index is 569. The van der Waals surface area contributed by atoms with E-state index in [1.54, 1.807) is 17.5 Å². The van der Waals surface area contributed by atoms with Gasteiger partial charge in [-0.05, 0) is 18.2 Å². The number of nitrogens with one attached hydrogen (secondary N) is 2. The van der Waals surface area contributed by atoms with Gasteiger partial charge in [0.15, 0.2) is 0 Å². The van der Waals surface area contributed by atoms with Crippen molar-refractivity contribution in [2.24, 2.45) is 0 Å². The first-order valence-electron chi connectivity index (χ1n) is 4.91. The van der Waals surface area contributed by atoms with Crippen molar-refractivity contribution in [1.82, 2.24) is 5.32 Å². The van der Waals surface area contributed by atoms with Crippen LogP contribution in [0.1, 0.15) is 11.1 Å². The maximum atomic E-state index is 11.9. The average molecular weight is 268 g/mol. The highest BCUT2D eigenvalue weighted by Gasteiger charge is 2.27. The van der Waals surface area contributed by atoms with E-state index in [0.29, 0.717) is 0 Å². The second-order valence-electron chi connectivity index (χ2n) is 3.41. The number of amides is 2. The fraction of sp³-hybridized carbons (Fsp3) is 0.182. The number of hydrogen-bond donors (Lipinski definition) is 2. The topological polar surface area (TPSA) is 88.7 Å². The summed E-state index contributed by atoms with van der Waals surface area (Å²) in [5.74, 6) is 0. The molecule has 0 aliphatic rings. The molecule has 2 N–H and O–H groups in total. The Morgan fingerprint density at radius 2 is 1.84 bits per heavy atom. The van der Waals surface area contributed by atoms with E-state index in [4.69, 9.17) is 10.5 Å². The van der Waals surface area contributed by atoms with Gasteiger partial charge in [-0.2, -0.15) is 23.7 Å². The van der Waals surface area contributed by atoms with Crippen LogP contribution in [0.2, 0.25) is 0 Å². The van der Waals surface area contributed by atoms with Crippen LogP contribution in [0.3, 0.4) is 0 Å². The maximum Gasteiger partial charge on any atom is 0.405 e. The number of carbonyl (C=O) groups excluding carboxylic acids is 1. The molecule has 0 heterocycles. The molecule has 0 atom stereocenters. The number of rotatable bonds is 2. The van der Waals surface area contributed by atoms with Crippen molar-refractivity contribution in [3.63, 3.8) is 0 Å². The molecule has 5 nitrogen and oxygen atoms in total. The van der Waals surface area contributed by atoms with E-state index in [9.17, 15) is 18.0 Å². The van der Waals surface area contributed by atoms with Crippen LogP contribution in [0.15, 0.2) is 18.2 Å². The molecule has 0 spiro atoms. The molecule has 0 aliphatic carbocycles. The Kier molecular flexibility index (Phi) is 4.32. The van der Waals surface area contributed by atoms with Crippen LogP contribution in [0.25, 0.3) is 0 Å². The molecule has 8 heteroatoms. The van der Waals surface area contributed by atoms with Crippen LogP contribution in [0.5, 0.6) is 0 Å². The van der Waals surface area contributed by atoms with Crippen LogP contribution < -0.4 is 10.6 Å². The van der Waals surface area contributed by atoms with E-state index in [1.807, 2.05) is 0 Å². The Morgan fingerprint density at radius 1 is 1.21 bits per heavy atom. The number of nitriles is 2. The quantitative estimate of drug-likeness (QED) is 0.860. The summed E-state index contributed by atoms with van der Waals surface area (Å²) < 4.78 is 35.6. The molecule has 1 aromatic rings. The lowest BCUT2D eigenvalue weighted by molar-refractivity contribution is -0.122. The molecule has 0 unspecified atom stereocenters. The van der Waals surface area contributed by atoms with Gasteiger partial charge in [0.1, 0.15) is 18.7 Å². The Morgan fingerprint density at radius 3 is 2.37 bits per heavy atom. The monoisotopic (exact) mass is 268 g/mol. The van der Waals surface area contributed by atoms with Crippen molar-refractivity contribution in [3.8, 4) is 12.1 Å². The molecule has 0 bridgehead atoms. The third-order valence-corrected chi connectivity index (χ3v) is 1.97. The average Bonchev–Trinajstić information content (AvgIpc) is 2.35. The molecule has 0 radical (unpaired) electrons. The predicted molar refractivity (Wildman–Crippen MR) is 58.9 cm³/mol. The summed E-state index contributed by atoms with van der Waals surface area (Å²) in [6.07, 6.45) is -4.50. The summed E-state index contributed by atoms with van der Waals surface area (Å²) in [5, 5.41) is 21.2. The van der Waals surface area contributed by atoms with Gasteiger partial charge in [-0.15, -0.1) is 0 Å². The highest BCUT2D eigenvalue weighted by molar-refractivity contribution is 5.89. The lowest BCUT2D eigenvalue weighted by Gasteiger charge is -2.10. The van der Waals surface area contributed by atoms with Gasteiger partial charge in [-0.3, -0.25) is 0 Å². The Hall–Kier alpha value is -2.74. The van der Waals surface area contributed by atoms with Gasteiger partial charge >= 0.3 is 12.2 Å². The van der Waals surface area contributed by atoms with Crippen LogP contribution in [0.4, 0.5) is 23.7 Å². The van der Waals surface area contributed by atoms with Crippen molar-refractivity contribution in [2.75, 3.05) is 11.9 Å². The fourth-order valence-corrected chi connectivity index (χ4v) is 1.17. The summed E-state index contributed by atoms with van der Waals surface area (Å²) in [5.41, 5.74) is 0.259. The number of urea groups is 1. The van der Waals surface area contributed by atoms with Crippen molar-refractivity contribution in [2.45, 2.75) is 6.18 Å². The molecule has 98 valence electrons. The molecule has 0 aliphatic heterocycles. The molecule has 19 heavy (non-hydrogen) atoms. The molecule has 1 rings (SSSR count). The number of anilines is 1. The van der Waals surface area contributed by atoms with E-state index in [1.165, 1.54) is 18.2 Å². The van der Waals surface area contributed by atoms with E-state index >= 15 is 0 Å². The van der Waals surface area contributed by atoms with Gasteiger partial charge in [-0.25, -0.2) is 4.79 Å². The third-order valence-electron chi connectivity index (χ3n) is 1.97. The smallest absolute Gasteiger partial charge is 0.329 e. The maximum absolute atomic E-state index is 11.9. The second kappa shape index (κ2) is 5.74. The van der Waals surface area contributed by atoms with E-state index in [-0.39, 0.29) is 16.8 Å². The zero-order chi connectivity index (χ0) is 14.5. The van der Waals surface area contributed by atoms with Crippen LogP contribution >= 0.6 is 0 Å². The van der Waals surface area contributed by atoms with Gasteiger partial charge in [0.05, 0.1) is 11.1 Å². The van der Waals surface area contributed by atoms with Crippen LogP contribution in [-0.2, 0) is 0 Å². The van der Waals surface area contributed by atoms with Gasteiger partial charge in [-0.1, -0.05) is 0 Å². The second-order valence-corrected chi connectivity index (χ2v) is 3.41. The van der Waals surface area contributed by atoms with Crippen LogP contribution in [0, 0.1) is 22.7 Å². The summed E-state index contributed by atoms with van der Waals surface area (Å²) >= 11 is 0. The van der Waals surface area contributed by atoms with Crippen molar-refractivity contribution < 1.29 is 18.0 Å². The van der Waals surface area contributed by atoms with Gasteiger partial charge in [0.2, 0.25) is 0 Å². The molecule has 1 aromatic carbocycles. The lowest BCUT2D eigenvalue weighted by atomic mass is 10.1. The summed E-state index contributed by atoms with van der Waals surface area (Å²) in [7, 11) is 0. The standard InChI is InChI=1S/C11H7F3N4O/c12-11(13,14)6-17-10(19)18-9-2-1-7(4-15)8(3-9)5-16/h1-3H,6H2,(H2,17,18,19). The number of alkyl halides is 3. The minimum Gasteiger partial charge on any atom is -0.329 e. The van der Waals surface area contributed by atoms with E-state index < -0.39 is 18.8 Å². The molecule has 0 saturated carbocycles. The molecule has 0 saturated heterocycles. The highest BCUT2D eigenvalue weighted by Crippen LogP contribution is 2.15. The zero-order valence-corrected chi connectivity index (χ0v) is 9.38. The molecular formula is C11H7F3N4O. The number of carbonyl (C=O) groups is 1. The van der Waals surface area contributed by atoms with Crippen molar-refractivity contribution in [3.05, 3.63) is 29.3 Å². The number of halogens is 3. The van der Waals surface area contributed by atoms with E-state index in [0.717, 1.165) is 0 Å². The minimum atomic E-state index is -4.50. The normalized spacial score (nSPS) is 10.2. The number of benzene rings is 1.